The van der Waals surface area contributed by atoms with Gasteiger partial charge in [-0.3, -0.25) is 0 Å². The predicted octanol–water partition coefficient (Wildman–Crippen LogP) is 4.25. The third-order valence-corrected chi connectivity index (χ3v) is 6.40. The third-order valence-electron chi connectivity index (χ3n) is 4.61. The molecule has 0 amide bonds. The fraction of sp³-hybridized carbons (Fsp3) is 0.333. The molecular formula is C18H16F3N3O2S. The smallest absolute Gasteiger partial charge is 0.306 e. The number of imidazole rings is 1. The molecule has 0 spiro atoms. The number of alkyl halides is 3. The first kappa shape index (κ1) is 18.0. The molecule has 3 aromatic rings. The van der Waals surface area contributed by atoms with Gasteiger partial charge in [-0.15, -0.1) is 0 Å². The number of pyridine rings is 1. The van der Waals surface area contributed by atoms with E-state index in [0.717, 1.165) is 25.1 Å². The summed E-state index contributed by atoms with van der Waals surface area (Å²) in [7, 11) is -3.52. The molecule has 0 N–H and O–H groups in total. The van der Waals surface area contributed by atoms with Gasteiger partial charge in [0.25, 0.3) is 0 Å². The molecular weight excluding hydrogens is 379 g/mol. The second-order valence-corrected chi connectivity index (χ2v) is 8.75. The quantitative estimate of drug-likeness (QED) is 0.663. The molecule has 2 heterocycles. The molecule has 0 unspecified atom stereocenters. The molecule has 9 heteroatoms. The Balaban J connectivity index is 1.99. The van der Waals surface area contributed by atoms with Crippen molar-refractivity contribution in [3.8, 4) is 11.4 Å². The molecule has 1 fully saturated rings. The van der Waals surface area contributed by atoms with Gasteiger partial charge >= 0.3 is 6.18 Å². The average Bonchev–Trinajstić information content (AvgIpc) is 3.40. The van der Waals surface area contributed by atoms with Gasteiger partial charge in [-0.25, -0.2) is 18.4 Å². The number of sulfone groups is 1. The van der Waals surface area contributed by atoms with Gasteiger partial charge in [0.15, 0.2) is 15.5 Å². The number of hydrogen-bond acceptors (Lipinski definition) is 4. The van der Waals surface area contributed by atoms with Crippen LogP contribution in [0.4, 0.5) is 13.2 Å². The fourth-order valence-electron chi connectivity index (χ4n) is 3.08. The van der Waals surface area contributed by atoms with E-state index in [-0.39, 0.29) is 22.2 Å². The van der Waals surface area contributed by atoms with Crippen molar-refractivity contribution >= 4 is 21.0 Å². The van der Waals surface area contributed by atoms with Crippen LogP contribution in [0.25, 0.3) is 22.6 Å². The van der Waals surface area contributed by atoms with Gasteiger partial charge in [0.2, 0.25) is 0 Å². The monoisotopic (exact) mass is 395 g/mol. The first-order valence-corrected chi connectivity index (χ1v) is 10.1. The number of nitrogens with zero attached hydrogens (tertiary/aromatic N) is 3. The SMILES string of the molecule is CCS(=O)(=O)c1ccccc1-c1nc2cc(C(F)(F)F)cnc2n1C1CC1. The van der Waals surface area contributed by atoms with E-state index in [9.17, 15) is 21.6 Å². The molecule has 0 radical (unpaired) electrons. The van der Waals surface area contributed by atoms with Crippen molar-refractivity contribution in [2.75, 3.05) is 5.75 Å². The highest BCUT2D eigenvalue weighted by Gasteiger charge is 2.34. The van der Waals surface area contributed by atoms with Crippen molar-refractivity contribution < 1.29 is 21.6 Å². The summed E-state index contributed by atoms with van der Waals surface area (Å²) < 4.78 is 65.8. The van der Waals surface area contributed by atoms with Crippen molar-refractivity contribution in [3.05, 3.63) is 42.1 Å². The average molecular weight is 395 g/mol. The molecule has 1 aliphatic carbocycles. The molecule has 0 bridgehead atoms. The van der Waals surface area contributed by atoms with E-state index in [1.807, 2.05) is 0 Å². The zero-order chi connectivity index (χ0) is 19.4. The van der Waals surface area contributed by atoms with Gasteiger partial charge in [0.05, 0.1) is 16.2 Å². The Morgan fingerprint density at radius 3 is 2.56 bits per heavy atom. The Hall–Kier alpha value is -2.42. The molecule has 0 atom stereocenters. The molecule has 0 saturated heterocycles. The molecule has 2 aromatic heterocycles. The highest BCUT2D eigenvalue weighted by molar-refractivity contribution is 7.91. The first-order chi connectivity index (χ1) is 12.7. The number of halogens is 3. The van der Waals surface area contributed by atoms with Gasteiger partial charge in [-0.2, -0.15) is 13.2 Å². The maximum atomic E-state index is 13.0. The number of fused-ring (bicyclic) bond motifs is 1. The maximum absolute atomic E-state index is 13.0. The van der Waals surface area contributed by atoms with Crippen molar-refractivity contribution in [1.29, 1.82) is 0 Å². The van der Waals surface area contributed by atoms with Gasteiger partial charge in [0, 0.05) is 17.8 Å². The van der Waals surface area contributed by atoms with Crippen LogP contribution in [-0.2, 0) is 16.0 Å². The van der Waals surface area contributed by atoms with Crippen LogP contribution in [0.3, 0.4) is 0 Å². The second-order valence-electron chi connectivity index (χ2n) is 6.50. The summed E-state index contributed by atoms with van der Waals surface area (Å²) in [5, 5.41) is 0. The molecule has 27 heavy (non-hydrogen) atoms. The van der Waals surface area contributed by atoms with Crippen LogP contribution in [0.1, 0.15) is 31.4 Å². The minimum absolute atomic E-state index is 0.0617. The highest BCUT2D eigenvalue weighted by Crippen LogP contribution is 2.42. The summed E-state index contributed by atoms with van der Waals surface area (Å²) >= 11 is 0. The number of aromatic nitrogens is 3. The maximum Gasteiger partial charge on any atom is 0.417 e. The Morgan fingerprint density at radius 1 is 1.22 bits per heavy atom. The molecule has 1 aromatic carbocycles. The van der Waals surface area contributed by atoms with Gasteiger partial charge in [-0.1, -0.05) is 19.1 Å². The number of benzene rings is 1. The zero-order valence-electron chi connectivity index (χ0n) is 14.4. The van der Waals surface area contributed by atoms with E-state index in [1.54, 1.807) is 29.7 Å². The van der Waals surface area contributed by atoms with E-state index in [1.165, 1.54) is 6.07 Å². The Labute approximate surface area is 153 Å². The minimum Gasteiger partial charge on any atom is -0.306 e. The lowest BCUT2D eigenvalue weighted by Crippen LogP contribution is -2.08. The Morgan fingerprint density at radius 2 is 1.93 bits per heavy atom. The summed E-state index contributed by atoms with van der Waals surface area (Å²) in [4.78, 5) is 8.49. The summed E-state index contributed by atoms with van der Waals surface area (Å²) in [5.41, 5.74) is -0.0473. The van der Waals surface area contributed by atoms with Crippen LogP contribution in [0.15, 0.2) is 41.4 Å². The van der Waals surface area contributed by atoms with Crippen molar-refractivity contribution in [1.82, 2.24) is 14.5 Å². The highest BCUT2D eigenvalue weighted by atomic mass is 32.2. The number of rotatable bonds is 4. The summed E-state index contributed by atoms with van der Waals surface area (Å²) in [5.74, 6) is 0.261. The lowest BCUT2D eigenvalue weighted by molar-refractivity contribution is -0.137. The normalized spacial score (nSPS) is 15.4. The minimum atomic E-state index is -4.52. The van der Waals surface area contributed by atoms with Crippen LogP contribution < -0.4 is 0 Å². The van der Waals surface area contributed by atoms with Gasteiger partial charge in [-0.05, 0) is 31.0 Å². The summed E-state index contributed by atoms with van der Waals surface area (Å²) in [6.07, 6.45) is -2.02. The third kappa shape index (κ3) is 3.09. The van der Waals surface area contributed by atoms with Crippen molar-refractivity contribution in [2.45, 2.75) is 36.9 Å². The topological polar surface area (TPSA) is 64.8 Å². The Kier molecular flexibility index (Phi) is 4.03. The largest absolute Gasteiger partial charge is 0.417 e. The first-order valence-electron chi connectivity index (χ1n) is 8.49. The van der Waals surface area contributed by atoms with Crippen LogP contribution in [0, 0.1) is 0 Å². The van der Waals surface area contributed by atoms with E-state index >= 15 is 0 Å². The molecule has 1 saturated carbocycles. The van der Waals surface area contributed by atoms with Crippen LogP contribution >= 0.6 is 0 Å². The summed E-state index contributed by atoms with van der Waals surface area (Å²) in [6.45, 7) is 1.55. The van der Waals surface area contributed by atoms with E-state index in [2.05, 4.69) is 9.97 Å². The summed E-state index contributed by atoms with van der Waals surface area (Å²) in [6, 6.07) is 7.46. The lowest BCUT2D eigenvalue weighted by Gasteiger charge is -2.11. The standard InChI is InChI=1S/C18H16F3N3O2S/c1-2-27(25,26)15-6-4-3-5-13(15)16-23-14-9-11(18(19,20)21)10-22-17(14)24(16)12-7-8-12/h3-6,9-10,12H,2,7-8H2,1H3. The van der Waals surface area contributed by atoms with Crippen molar-refractivity contribution in [3.63, 3.8) is 0 Å². The molecule has 0 aliphatic heterocycles. The lowest BCUT2D eigenvalue weighted by atomic mass is 10.2. The molecule has 142 valence electrons. The predicted molar refractivity (Wildman–Crippen MR) is 94.0 cm³/mol. The number of hydrogen-bond donors (Lipinski definition) is 0. The van der Waals surface area contributed by atoms with Gasteiger partial charge in [0.1, 0.15) is 11.3 Å². The fourth-order valence-corrected chi connectivity index (χ4v) is 4.18. The molecule has 5 nitrogen and oxygen atoms in total. The van der Waals surface area contributed by atoms with Crippen LogP contribution in [0.5, 0.6) is 0 Å². The van der Waals surface area contributed by atoms with Gasteiger partial charge < -0.3 is 4.57 Å². The van der Waals surface area contributed by atoms with Crippen LogP contribution in [0.2, 0.25) is 0 Å². The van der Waals surface area contributed by atoms with E-state index in [0.29, 0.717) is 17.0 Å². The zero-order valence-corrected chi connectivity index (χ0v) is 15.2. The van der Waals surface area contributed by atoms with Crippen molar-refractivity contribution in [2.24, 2.45) is 0 Å². The van der Waals surface area contributed by atoms with Crippen LogP contribution in [-0.4, -0.2) is 28.7 Å². The molecule has 4 rings (SSSR count). The Bertz CT molecular complexity index is 1130. The molecule has 1 aliphatic rings. The second kappa shape index (κ2) is 6.05. The van der Waals surface area contributed by atoms with E-state index < -0.39 is 21.6 Å². The van der Waals surface area contributed by atoms with E-state index in [4.69, 9.17) is 0 Å².